The summed E-state index contributed by atoms with van der Waals surface area (Å²) >= 11 is 0. The van der Waals surface area contributed by atoms with Gasteiger partial charge in [0, 0.05) is 18.6 Å². The average Bonchev–Trinajstić information content (AvgIpc) is 2.95. The van der Waals surface area contributed by atoms with Crippen LogP contribution in [0.3, 0.4) is 0 Å². The highest BCUT2D eigenvalue weighted by Gasteiger charge is 2.37. The average molecular weight is 281 g/mol. The molecule has 0 spiro atoms. The zero-order valence-electron chi connectivity index (χ0n) is 13.3. The van der Waals surface area contributed by atoms with E-state index in [4.69, 9.17) is 5.73 Å². The monoisotopic (exact) mass is 281 g/mol. The van der Waals surface area contributed by atoms with E-state index in [-0.39, 0.29) is 11.9 Å². The maximum atomic E-state index is 11.7. The smallest absolute Gasteiger partial charge is 0.237 e. The Morgan fingerprint density at radius 1 is 1.40 bits per heavy atom. The second-order valence-corrected chi connectivity index (χ2v) is 7.28. The van der Waals surface area contributed by atoms with Gasteiger partial charge in [-0.1, -0.05) is 0 Å². The first-order valence-corrected chi connectivity index (χ1v) is 8.22. The van der Waals surface area contributed by atoms with Gasteiger partial charge in [-0.05, 0) is 71.8 Å². The molecule has 1 aliphatic carbocycles. The number of carbonyl (C=O) groups is 1. The Bertz CT molecular complexity index is 345. The molecule has 4 nitrogen and oxygen atoms in total. The third-order valence-electron chi connectivity index (χ3n) is 5.05. The molecule has 1 amide bonds. The fourth-order valence-electron chi connectivity index (χ4n) is 4.00. The molecule has 116 valence electrons. The van der Waals surface area contributed by atoms with Crippen LogP contribution in [-0.4, -0.2) is 41.5 Å². The third-order valence-corrected chi connectivity index (χ3v) is 5.05. The Kier molecular flexibility index (Phi) is 5.08. The van der Waals surface area contributed by atoms with Crippen molar-refractivity contribution < 1.29 is 4.79 Å². The number of nitrogens with two attached hydrogens (primary N) is 1. The van der Waals surface area contributed by atoms with E-state index in [1.807, 2.05) is 6.92 Å². The lowest BCUT2D eigenvalue weighted by Crippen LogP contribution is -2.55. The fraction of sp³-hybridized carbons (Fsp3) is 0.938. The number of nitrogens with zero attached hydrogens (tertiary/aromatic N) is 1. The van der Waals surface area contributed by atoms with Crippen LogP contribution in [0.15, 0.2) is 0 Å². The molecule has 0 aromatic rings. The predicted molar refractivity (Wildman–Crippen MR) is 82.4 cm³/mol. The Morgan fingerprint density at radius 2 is 2.15 bits per heavy atom. The van der Waals surface area contributed by atoms with Crippen LogP contribution in [0.5, 0.6) is 0 Å². The van der Waals surface area contributed by atoms with Gasteiger partial charge in [-0.2, -0.15) is 0 Å². The van der Waals surface area contributed by atoms with Gasteiger partial charge >= 0.3 is 0 Å². The quantitative estimate of drug-likeness (QED) is 0.668. The summed E-state index contributed by atoms with van der Waals surface area (Å²) in [4.78, 5) is 14.3. The number of amides is 1. The number of likely N-dealkylation sites (tertiary alicyclic amines) is 1. The molecule has 0 radical (unpaired) electrons. The fourth-order valence-corrected chi connectivity index (χ4v) is 4.00. The van der Waals surface area contributed by atoms with Crippen molar-refractivity contribution in [3.63, 3.8) is 0 Å². The van der Waals surface area contributed by atoms with E-state index in [9.17, 15) is 4.79 Å². The van der Waals surface area contributed by atoms with Crippen molar-refractivity contribution in [3.05, 3.63) is 0 Å². The maximum Gasteiger partial charge on any atom is 0.237 e. The predicted octanol–water partition coefficient (Wildman–Crippen LogP) is 1.88. The molecule has 3 unspecified atom stereocenters. The highest BCUT2D eigenvalue weighted by atomic mass is 16.1. The van der Waals surface area contributed by atoms with Crippen molar-refractivity contribution in [1.29, 1.82) is 0 Å². The van der Waals surface area contributed by atoms with E-state index in [1.165, 1.54) is 38.8 Å². The van der Waals surface area contributed by atoms with Crippen LogP contribution < -0.4 is 11.1 Å². The van der Waals surface area contributed by atoms with E-state index >= 15 is 0 Å². The van der Waals surface area contributed by atoms with Gasteiger partial charge in [0.05, 0.1) is 5.54 Å². The molecule has 1 aliphatic heterocycles. The van der Waals surface area contributed by atoms with Crippen LogP contribution >= 0.6 is 0 Å². The molecular formula is C16H31N3O. The standard InChI is InChI=1S/C16H31N3O/c1-12(2)18-16(3,15(17)20)8-4-5-9-19-11-13-6-7-14(19)10-13/h12-14,18H,4-11H2,1-3H3,(H2,17,20). The van der Waals surface area contributed by atoms with E-state index in [2.05, 4.69) is 24.1 Å². The Hall–Kier alpha value is -0.610. The molecule has 2 aliphatic rings. The van der Waals surface area contributed by atoms with Crippen molar-refractivity contribution in [2.45, 2.75) is 76.9 Å². The summed E-state index contributed by atoms with van der Waals surface area (Å²) in [5, 5.41) is 3.32. The van der Waals surface area contributed by atoms with E-state index < -0.39 is 5.54 Å². The van der Waals surface area contributed by atoms with Crippen LogP contribution in [0, 0.1) is 5.92 Å². The van der Waals surface area contributed by atoms with E-state index in [0.29, 0.717) is 0 Å². The summed E-state index contributed by atoms with van der Waals surface area (Å²) in [5.41, 5.74) is 5.00. The molecule has 3 atom stereocenters. The van der Waals surface area contributed by atoms with E-state index in [0.717, 1.165) is 24.8 Å². The number of carbonyl (C=O) groups excluding carboxylic acids is 1. The van der Waals surface area contributed by atoms with Gasteiger partial charge in [-0.15, -0.1) is 0 Å². The molecule has 20 heavy (non-hydrogen) atoms. The molecule has 4 heteroatoms. The van der Waals surface area contributed by atoms with Crippen LogP contribution in [0.25, 0.3) is 0 Å². The van der Waals surface area contributed by atoms with Crippen molar-refractivity contribution in [2.75, 3.05) is 13.1 Å². The first kappa shape index (κ1) is 15.8. The highest BCUT2D eigenvalue weighted by Crippen LogP contribution is 2.37. The summed E-state index contributed by atoms with van der Waals surface area (Å²) in [5.74, 6) is 0.741. The molecule has 1 saturated carbocycles. The maximum absolute atomic E-state index is 11.7. The lowest BCUT2D eigenvalue weighted by atomic mass is 9.93. The summed E-state index contributed by atoms with van der Waals surface area (Å²) in [6.07, 6.45) is 7.34. The first-order chi connectivity index (χ1) is 9.40. The molecule has 2 bridgehead atoms. The highest BCUT2D eigenvalue weighted by molar-refractivity contribution is 5.84. The van der Waals surface area contributed by atoms with Crippen molar-refractivity contribution in [3.8, 4) is 0 Å². The molecular weight excluding hydrogens is 250 g/mol. The number of fused-ring (bicyclic) bond motifs is 2. The molecule has 1 heterocycles. The Labute approximate surface area is 123 Å². The van der Waals surface area contributed by atoms with Gasteiger partial charge in [0.25, 0.3) is 0 Å². The number of piperidine rings is 1. The van der Waals surface area contributed by atoms with Crippen LogP contribution in [0.2, 0.25) is 0 Å². The van der Waals surface area contributed by atoms with Crippen molar-refractivity contribution >= 4 is 5.91 Å². The zero-order valence-corrected chi connectivity index (χ0v) is 13.3. The minimum Gasteiger partial charge on any atom is -0.368 e. The first-order valence-electron chi connectivity index (χ1n) is 8.22. The zero-order chi connectivity index (χ0) is 14.8. The molecule has 3 N–H and O–H groups in total. The van der Waals surface area contributed by atoms with Gasteiger partial charge in [0.15, 0.2) is 0 Å². The molecule has 0 aromatic carbocycles. The molecule has 2 rings (SSSR count). The van der Waals surface area contributed by atoms with Gasteiger partial charge in [0.1, 0.15) is 0 Å². The number of hydrogen-bond donors (Lipinski definition) is 2. The van der Waals surface area contributed by atoms with Crippen LogP contribution in [0.1, 0.15) is 59.3 Å². The van der Waals surface area contributed by atoms with Gasteiger partial charge < -0.3 is 16.0 Å². The van der Waals surface area contributed by atoms with E-state index in [1.54, 1.807) is 0 Å². The number of unbranched alkanes of at least 4 members (excludes halogenated alkanes) is 1. The normalized spacial score (nSPS) is 29.0. The minimum absolute atomic E-state index is 0.230. The number of nitrogens with one attached hydrogen (secondary N) is 1. The summed E-state index contributed by atoms with van der Waals surface area (Å²) in [7, 11) is 0. The second-order valence-electron chi connectivity index (χ2n) is 7.28. The number of primary amides is 1. The summed E-state index contributed by atoms with van der Waals surface area (Å²) < 4.78 is 0. The molecule has 2 fully saturated rings. The molecule has 0 aromatic heterocycles. The van der Waals surface area contributed by atoms with Gasteiger partial charge in [-0.3, -0.25) is 4.79 Å². The minimum atomic E-state index is -0.557. The lowest BCUT2D eigenvalue weighted by Gasteiger charge is -2.31. The van der Waals surface area contributed by atoms with Crippen LogP contribution in [-0.2, 0) is 4.79 Å². The Balaban J connectivity index is 1.69. The van der Waals surface area contributed by atoms with Crippen LogP contribution in [0.4, 0.5) is 0 Å². The third kappa shape index (κ3) is 3.73. The second kappa shape index (κ2) is 6.44. The van der Waals surface area contributed by atoms with Crippen molar-refractivity contribution in [1.82, 2.24) is 10.2 Å². The SMILES string of the molecule is CC(C)NC(C)(CCCCN1CC2CCC1C2)C(N)=O. The molecule has 1 saturated heterocycles. The topological polar surface area (TPSA) is 58.4 Å². The summed E-state index contributed by atoms with van der Waals surface area (Å²) in [6.45, 7) is 8.55. The van der Waals surface area contributed by atoms with Gasteiger partial charge in [-0.25, -0.2) is 0 Å². The largest absolute Gasteiger partial charge is 0.368 e. The number of rotatable bonds is 8. The van der Waals surface area contributed by atoms with Gasteiger partial charge in [0.2, 0.25) is 5.91 Å². The lowest BCUT2D eigenvalue weighted by molar-refractivity contribution is -0.124. The summed E-state index contributed by atoms with van der Waals surface area (Å²) in [6, 6.07) is 1.14. The Morgan fingerprint density at radius 3 is 2.65 bits per heavy atom. The van der Waals surface area contributed by atoms with Crippen molar-refractivity contribution in [2.24, 2.45) is 11.7 Å². The number of hydrogen-bond acceptors (Lipinski definition) is 3.